The molecule has 1 heterocycles. The molecule has 8 heteroatoms. The van der Waals surface area contributed by atoms with Gasteiger partial charge in [-0.2, -0.15) is 4.98 Å². The average Bonchev–Trinajstić information content (AvgIpc) is 2.63. The highest BCUT2D eigenvalue weighted by molar-refractivity contribution is 7.99. The maximum atomic E-state index is 12.1. The predicted octanol–water partition coefficient (Wildman–Crippen LogP) is 3.45. The molecule has 0 radical (unpaired) electrons. The minimum Gasteiger partial charge on any atom is -0.325 e. The summed E-state index contributed by atoms with van der Waals surface area (Å²) < 4.78 is 0. The number of hydrogen-bond donors (Lipinski definition) is 2. The third kappa shape index (κ3) is 5.94. The number of anilines is 1. The van der Waals surface area contributed by atoms with E-state index in [-0.39, 0.29) is 16.8 Å². The molecule has 0 fully saturated rings. The van der Waals surface area contributed by atoms with E-state index in [4.69, 9.17) is 11.6 Å². The van der Waals surface area contributed by atoms with Crippen LogP contribution in [-0.2, 0) is 11.2 Å². The Bertz CT molecular complexity index is 988. The highest BCUT2D eigenvalue weighted by Crippen LogP contribution is 2.15. The van der Waals surface area contributed by atoms with Crippen molar-refractivity contribution in [1.82, 2.24) is 15.0 Å². The molecule has 0 spiro atoms. The van der Waals surface area contributed by atoms with E-state index in [1.54, 1.807) is 12.1 Å². The van der Waals surface area contributed by atoms with E-state index in [0.717, 1.165) is 28.6 Å². The lowest BCUT2D eigenvalue weighted by Crippen LogP contribution is -2.18. The van der Waals surface area contributed by atoms with Gasteiger partial charge in [0.25, 0.3) is 0 Å². The summed E-state index contributed by atoms with van der Waals surface area (Å²) in [6, 6.07) is 14.8. The molecule has 1 aromatic heterocycles. The van der Waals surface area contributed by atoms with E-state index in [1.807, 2.05) is 43.3 Å². The molecule has 1 amide bonds. The number of aromatic amines is 1. The molecule has 3 rings (SSSR count). The highest BCUT2D eigenvalue weighted by atomic mass is 35.5. The summed E-state index contributed by atoms with van der Waals surface area (Å²) in [4.78, 5) is 34.6. The molecule has 0 saturated heterocycles. The first-order chi connectivity index (χ1) is 13.0. The largest absolute Gasteiger partial charge is 0.348 e. The number of halogens is 1. The summed E-state index contributed by atoms with van der Waals surface area (Å²) in [5, 5.41) is 3.71. The molecule has 2 N–H and O–H groups in total. The number of aromatic nitrogens is 3. The molecule has 6 nitrogen and oxygen atoms in total. The Balaban J connectivity index is 1.62. The average molecular weight is 401 g/mol. The molecular formula is C19H17ClN4O2S. The minimum atomic E-state index is -0.490. The first-order valence-corrected chi connectivity index (χ1v) is 9.55. The SMILES string of the molecule is Cc1ccc(NC(=O)CSc2nc(Cc3ccc(Cl)cc3)[nH]c(=O)n2)cc1. The predicted molar refractivity (Wildman–Crippen MR) is 107 cm³/mol. The summed E-state index contributed by atoms with van der Waals surface area (Å²) in [5.74, 6) is 0.406. The van der Waals surface area contributed by atoms with Gasteiger partial charge in [0.2, 0.25) is 5.91 Å². The van der Waals surface area contributed by atoms with Gasteiger partial charge in [0, 0.05) is 17.1 Å². The number of amides is 1. The second-order valence-electron chi connectivity index (χ2n) is 5.89. The van der Waals surface area contributed by atoms with Crippen LogP contribution in [0, 0.1) is 6.92 Å². The van der Waals surface area contributed by atoms with Crippen LogP contribution in [0.2, 0.25) is 5.02 Å². The smallest absolute Gasteiger partial charge is 0.325 e. The second-order valence-corrected chi connectivity index (χ2v) is 7.27. The van der Waals surface area contributed by atoms with Gasteiger partial charge in [0.05, 0.1) is 5.75 Å². The van der Waals surface area contributed by atoms with Crippen LogP contribution in [0.3, 0.4) is 0 Å². The van der Waals surface area contributed by atoms with Crippen molar-refractivity contribution < 1.29 is 4.79 Å². The Morgan fingerprint density at radius 3 is 2.52 bits per heavy atom. The zero-order valence-corrected chi connectivity index (χ0v) is 16.1. The lowest BCUT2D eigenvalue weighted by atomic mass is 10.1. The highest BCUT2D eigenvalue weighted by Gasteiger charge is 2.09. The number of benzene rings is 2. The van der Waals surface area contributed by atoms with Crippen LogP contribution in [-0.4, -0.2) is 26.6 Å². The number of nitrogens with zero attached hydrogens (tertiary/aromatic N) is 2. The van der Waals surface area contributed by atoms with Gasteiger partial charge in [-0.15, -0.1) is 0 Å². The van der Waals surface area contributed by atoms with Crippen molar-refractivity contribution in [3.05, 3.63) is 81.0 Å². The van der Waals surface area contributed by atoms with E-state index in [9.17, 15) is 9.59 Å². The summed E-state index contributed by atoms with van der Waals surface area (Å²) >= 11 is 6.99. The van der Waals surface area contributed by atoms with Crippen LogP contribution in [0.1, 0.15) is 17.0 Å². The Hall–Kier alpha value is -2.64. The topological polar surface area (TPSA) is 87.7 Å². The molecule has 0 bridgehead atoms. The van der Waals surface area contributed by atoms with Crippen molar-refractivity contribution in [2.24, 2.45) is 0 Å². The van der Waals surface area contributed by atoms with Gasteiger partial charge in [0.1, 0.15) is 5.82 Å². The van der Waals surface area contributed by atoms with Gasteiger partial charge in [-0.05, 0) is 36.8 Å². The standard InChI is InChI=1S/C19H17ClN4O2S/c1-12-2-8-15(9-3-12)21-17(25)11-27-19-23-16(22-18(26)24-19)10-13-4-6-14(20)7-5-13/h2-9H,10-11H2,1H3,(H,21,25)(H,22,23,24,26). The quantitative estimate of drug-likeness (QED) is 0.619. The summed E-state index contributed by atoms with van der Waals surface area (Å²) in [6.45, 7) is 1.98. The van der Waals surface area contributed by atoms with Gasteiger partial charge in [-0.3, -0.25) is 9.78 Å². The summed E-state index contributed by atoms with van der Waals surface area (Å²) in [7, 11) is 0. The Kier molecular flexibility index (Phi) is 6.26. The van der Waals surface area contributed by atoms with Crippen LogP contribution in [0.4, 0.5) is 5.69 Å². The molecule has 27 heavy (non-hydrogen) atoms. The molecule has 0 aliphatic carbocycles. The third-order valence-corrected chi connectivity index (χ3v) is 4.73. The van der Waals surface area contributed by atoms with Crippen LogP contribution >= 0.6 is 23.4 Å². The molecule has 138 valence electrons. The van der Waals surface area contributed by atoms with Gasteiger partial charge in [0.15, 0.2) is 5.16 Å². The van der Waals surface area contributed by atoms with Gasteiger partial charge < -0.3 is 5.32 Å². The molecule has 2 aromatic carbocycles. The fourth-order valence-electron chi connectivity index (χ4n) is 2.31. The first kappa shape index (κ1) is 19.1. The normalized spacial score (nSPS) is 10.6. The maximum absolute atomic E-state index is 12.1. The monoisotopic (exact) mass is 400 g/mol. The molecule has 0 atom stereocenters. The van der Waals surface area contributed by atoms with Crippen molar-refractivity contribution in [2.45, 2.75) is 18.5 Å². The molecular weight excluding hydrogens is 384 g/mol. The molecule has 0 aliphatic rings. The van der Waals surface area contributed by atoms with Gasteiger partial charge in [-0.1, -0.05) is 53.2 Å². The van der Waals surface area contributed by atoms with E-state index in [2.05, 4.69) is 20.3 Å². The zero-order chi connectivity index (χ0) is 19.2. The van der Waals surface area contributed by atoms with Crippen molar-refractivity contribution in [2.75, 3.05) is 11.1 Å². The number of thioether (sulfide) groups is 1. The third-order valence-electron chi connectivity index (χ3n) is 3.63. The molecule has 0 aliphatic heterocycles. The van der Waals surface area contributed by atoms with Crippen LogP contribution < -0.4 is 11.0 Å². The second kappa shape index (κ2) is 8.83. The number of carbonyl (C=O) groups is 1. The van der Waals surface area contributed by atoms with E-state index in [1.165, 1.54) is 0 Å². The van der Waals surface area contributed by atoms with E-state index >= 15 is 0 Å². The first-order valence-electron chi connectivity index (χ1n) is 8.19. The number of rotatable bonds is 6. The number of carbonyl (C=O) groups excluding carboxylic acids is 1. The summed E-state index contributed by atoms with van der Waals surface area (Å²) in [5.41, 5.74) is 2.31. The molecule has 3 aromatic rings. The van der Waals surface area contributed by atoms with E-state index < -0.39 is 5.69 Å². The van der Waals surface area contributed by atoms with E-state index in [0.29, 0.717) is 17.3 Å². The molecule has 0 unspecified atom stereocenters. The van der Waals surface area contributed by atoms with Crippen LogP contribution in [0.25, 0.3) is 0 Å². The van der Waals surface area contributed by atoms with Crippen LogP contribution in [0.15, 0.2) is 58.5 Å². The number of aryl methyl sites for hydroxylation is 1. The maximum Gasteiger partial charge on any atom is 0.348 e. The van der Waals surface area contributed by atoms with Crippen molar-refractivity contribution in [3.8, 4) is 0 Å². The number of hydrogen-bond acceptors (Lipinski definition) is 5. The Morgan fingerprint density at radius 2 is 1.81 bits per heavy atom. The zero-order valence-electron chi connectivity index (χ0n) is 14.5. The van der Waals surface area contributed by atoms with Gasteiger partial charge >= 0.3 is 5.69 Å². The minimum absolute atomic E-state index is 0.109. The number of H-pyrrole nitrogens is 1. The van der Waals surface area contributed by atoms with Crippen molar-refractivity contribution in [1.29, 1.82) is 0 Å². The van der Waals surface area contributed by atoms with Crippen molar-refractivity contribution in [3.63, 3.8) is 0 Å². The molecule has 0 saturated carbocycles. The van der Waals surface area contributed by atoms with Gasteiger partial charge in [-0.25, -0.2) is 9.78 Å². The Morgan fingerprint density at radius 1 is 1.11 bits per heavy atom. The van der Waals surface area contributed by atoms with Crippen molar-refractivity contribution >= 4 is 35.0 Å². The fraction of sp³-hybridized carbons (Fsp3) is 0.158. The lowest BCUT2D eigenvalue weighted by Gasteiger charge is -2.06. The van der Waals surface area contributed by atoms with Crippen LogP contribution in [0.5, 0.6) is 0 Å². The Labute approximate surface area is 165 Å². The number of nitrogens with one attached hydrogen (secondary N) is 2. The lowest BCUT2D eigenvalue weighted by molar-refractivity contribution is -0.113. The summed E-state index contributed by atoms with van der Waals surface area (Å²) in [6.07, 6.45) is 0.443. The fourth-order valence-corrected chi connectivity index (χ4v) is 3.10.